The van der Waals surface area contributed by atoms with Crippen molar-refractivity contribution in [2.24, 2.45) is 5.73 Å². The quantitative estimate of drug-likeness (QED) is 0.878. The minimum Gasteiger partial charge on any atom is -0.352 e. The van der Waals surface area contributed by atoms with Crippen molar-refractivity contribution >= 4 is 17.6 Å². The molecule has 3 rings (SSSR count). The summed E-state index contributed by atoms with van der Waals surface area (Å²) in [6.07, 6.45) is 2.55. The van der Waals surface area contributed by atoms with Crippen LogP contribution in [-0.4, -0.2) is 48.6 Å². The van der Waals surface area contributed by atoms with Crippen molar-refractivity contribution in [1.29, 1.82) is 0 Å². The van der Waals surface area contributed by atoms with Crippen molar-refractivity contribution in [1.82, 2.24) is 10.2 Å². The first-order chi connectivity index (χ1) is 11.9. The topological polar surface area (TPSA) is 78.7 Å². The summed E-state index contributed by atoms with van der Waals surface area (Å²) in [6.45, 7) is 8.66. The Labute approximate surface area is 149 Å². The van der Waals surface area contributed by atoms with Gasteiger partial charge >= 0.3 is 6.03 Å². The van der Waals surface area contributed by atoms with Crippen LogP contribution in [0.25, 0.3) is 0 Å². The minimum absolute atomic E-state index is 0.0466. The zero-order valence-corrected chi connectivity index (χ0v) is 15.3. The van der Waals surface area contributed by atoms with E-state index < -0.39 is 6.03 Å². The second-order valence-electron chi connectivity index (χ2n) is 7.36. The lowest BCUT2D eigenvalue weighted by Crippen LogP contribution is -2.51. The van der Waals surface area contributed by atoms with Gasteiger partial charge in [0.25, 0.3) is 0 Å². The van der Waals surface area contributed by atoms with Crippen LogP contribution < -0.4 is 16.0 Å². The predicted molar refractivity (Wildman–Crippen MR) is 98.7 cm³/mol. The monoisotopic (exact) mass is 344 g/mol. The van der Waals surface area contributed by atoms with Crippen molar-refractivity contribution in [3.05, 3.63) is 28.8 Å². The van der Waals surface area contributed by atoms with Gasteiger partial charge in [-0.25, -0.2) is 4.79 Å². The number of aryl methyl sites for hydroxylation is 3. The van der Waals surface area contributed by atoms with Gasteiger partial charge in [-0.05, 0) is 51.2 Å². The second-order valence-corrected chi connectivity index (χ2v) is 7.36. The van der Waals surface area contributed by atoms with Crippen LogP contribution in [0.5, 0.6) is 0 Å². The number of anilines is 1. The van der Waals surface area contributed by atoms with Crippen LogP contribution in [-0.2, 0) is 4.79 Å². The van der Waals surface area contributed by atoms with E-state index in [4.69, 9.17) is 5.73 Å². The molecule has 1 aromatic rings. The van der Waals surface area contributed by atoms with Crippen molar-refractivity contribution in [3.8, 4) is 0 Å². The molecule has 1 aromatic carbocycles. The summed E-state index contributed by atoms with van der Waals surface area (Å²) < 4.78 is 0. The van der Waals surface area contributed by atoms with Crippen LogP contribution in [0.1, 0.15) is 36.0 Å². The average Bonchev–Trinajstić information content (AvgIpc) is 2.88. The summed E-state index contributed by atoms with van der Waals surface area (Å²) in [7, 11) is 0. The van der Waals surface area contributed by atoms with Gasteiger partial charge < -0.3 is 16.0 Å². The standard InChI is InChI=1S/C19H28N4O2/c1-12-10-13(2)17(14(3)11-12)23-9-6-16(18(23)24)22-7-4-15(5-8-22)21-19(20)25/h10-11,15-16H,4-9H2,1-3H3,(H3,20,21,25)/t16-/m0/s1. The van der Waals surface area contributed by atoms with Crippen molar-refractivity contribution in [3.63, 3.8) is 0 Å². The van der Waals surface area contributed by atoms with E-state index in [0.29, 0.717) is 0 Å². The number of benzene rings is 1. The van der Waals surface area contributed by atoms with Crippen molar-refractivity contribution in [2.45, 2.75) is 52.1 Å². The fraction of sp³-hybridized carbons (Fsp3) is 0.579. The third-order valence-electron chi connectivity index (χ3n) is 5.40. The van der Waals surface area contributed by atoms with Crippen LogP contribution in [0.15, 0.2) is 12.1 Å². The maximum atomic E-state index is 13.0. The molecule has 0 bridgehead atoms. The Bertz CT molecular complexity index is 657. The van der Waals surface area contributed by atoms with E-state index in [-0.39, 0.29) is 18.0 Å². The molecule has 6 heteroatoms. The first-order valence-corrected chi connectivity index (χ1v) is 9.06. The molecule has 0 aliphatic carbocycles. The molecule has 2 aliphatic rings. The summed E-state index contributed by atoms with van der Waals surface area (Å²) in [5, 5.41) is 2.78. The van der Waals surface area contributed by atoms with Gasteiger partial charge in [0.2, 0.25) is 5.91 Å². The molecule has 6 nitrogen and oxygen atoms in total. The smallest absolute Gasteiger partial charge is 0.312 e. The van der Waals surface area contributed by atoms with E-state index >= 15 is 0 Å². The van der Waals surface area contributed by atoms with Crippen molar-refractivity contribution in [2.75, 3.05) is 24.5 Å². The van der Waals surface area contributed by atoms with Crippen LogP contribution in [0, 0.1) is 20.8 Å². The van der Waals surface area contributed by atoms with Gasteiger partial charge in [0.15, 0.2) is 0 Å². The lowest BCUT2D eigenvalue weighted by atomic mass is 10.0. The Hall–Kier alpha value is -2.08. The van der Waals surface area contributed by atoms with Crippen LogP contribution in [0.4, 0.5) is 10.5 Å². The molecule has 2 heterocycles. The molecule has 3 amide bonds. The molecule has 2 aliphatic heterocycles. The number of piperidine rings is 1. The number of urea groups is 1. The van der Waals surface area contributed by atoms with E-state index in [0.717, 1.165) is 55.7 Å². The number of hydrogen-bond acceptors (Lipinski definition) is 3. The molecule has 0 aromatic heterocycles. The fourth-order valence-corrected chi connectivity index (χ4v) is 4.38. The Morgan fingerprint density at radius 3 is 2.24 bits per heavy atom. The van der Waals surface area contributed by atoms with E-state index in [1.165, 1.54) is 5.56 Å². The number of amides is 3. The number of carbonyl (C=O) groups is 2. The van der Waals surface area contributed by atoms with Gasteiger partial charge in [-0.2, -0.15) is 0 Å². The number of nitrogens with one attached hydrogen (secondary N) is 1. The lowest BCUT2D eigenvalue weighted by Gasteiger charge is -2.35. The van der Waals surface area contributed by atoms with Gasteiger partial charge in [-0.3, -0.25) is 9.69 Å². The molecule has 0 unspecified atom stereocenters. The molecule has 2 fully saturated rings. The second kappa shape index (κ2) is 7.04. The van der Waals surface area contributed by atoms with E-state index in [1.54, 1.807) is 0 Å². The maximum Gasteiger partial charge on any atom is 0.312 e. The Morgan fingerprint density at radius 2 is 1.68 bits per heavy atom. The number of carbonyl (C=O) groups excluding carboxylic acids is 2. The number of primary amides is 1. The normalized spacial score (nSPS) is 22.4. The summed E-state index contributed by atoms with van der Waals surface area (Å²) in [6, 6.07) is 3.90. The zero-order chi connectivity index (χ0) is 18.1. The SMILES string of the molecule is Cc1cc(C)c(N2CC[C@H](N3CCC(NC(N)=O)CC3)C2=O)c(C)c1. The van der Waals surface area contributed by atoms with E-state index in [1.807, 2.05) is 4.90 Å². The lowest BCUT2D eigenvalue weighted by molar-refractivity contribution is -0.122. The van der Waals surface area contributed by atoms with Crippen molar-refractivity contribution < 1.29 is 9.59 Å². The van der Waals surface area contributed by atoms with E-state index in [2.05, 4.69) is 43.1 Å². The minimum atomic E-state index is -0.466. The molecule has 0 saturated carbocycles. The third-order valence-corrected chi connectivity index (χ3v) is 5.40. The highest BCUT2D eigenvalue weighted by Crippen LogP contribution is 2.32. The maximum absolute atomic E-state index is 13.0. The Kier molecular flexibility index (Phi) is 4.99. The molecule has 2 saturated heterocycles. The Morgan fingerprint density at radius 1 is 1.08 bits per heavy atom. The van der Waals surface area contributed by atoms with Crippen LogP contribution in [0.2, 0.25) is 0 Å². The van der Waals surface area contributed by atoms with Crippen LogP contribution >= 0.6 is 0 Å². The molecule has 0 radical (unpaired) electrons. The molecule has 25 heavy (non-hydrogen) atoms. The summed E-state index contributed by atoms with van der Waals surface area (Å²) >= 11 is 0. The Balaban J connectivity index is 1.68. The first kappa shape index (κ1) is 17.7. The number of nitrogens with two attached hydrogens (primary N) is 1. The third kappa shape index (κ3) is 3.63. The molecular formula is C19H28N4O2. The molecule has 1 atom stereocenters. The number of nitrogens with zero attached hydrogens (tertiary/aromatic N) is 2. The highest BCUT2D eigenvalue weighted by atomic mass is 16.2. The zero-order valence-electron chi connectivity index (χ0n) is 15.3. The summed E-state index contributed by atoms with van der Waals surface area (Å²) in [4.78, 5) is 28.3. The average molecular weight is 344 g/mol. The van der Waals surface area contributed by atoms with E-state index in [9.17, 15) is 9.59 Å². The van der Waals surface area contributed by atoms with Gasteiger partial charge in [-0.1, -0.05) is 17.7 Å². The highest BCUT2D eigenvalue weighted by molar-refractivity contribution is 6.00. The van der Waals surface area contributed by atoms with Gasteiger partial charge in [0.05, 0.1) is 6.04 Å². The summed E-state index contributed by atoms with van der Waals surface area (Å²) in [5.41, 5.74) is 9.83. The fourth-order valence-electron chi connectivity index (χ4n) is 4.38. The number of hydrogen-bond donors (Lipinski definition) is 2. The molecule has 0 spiro atoms. The van der Waals surface area contributed by atoms with Gasteiger partial charge in [-0.15, -0.1) is 0 Å². The van der Waals surface area contributed by atoms with Crippen LogP contribution in [0.3, 0.4) is 0 Å². The van der Waals surface area contributed by atoms with Gasteiger partial charge in [0.1, 0.15) is 0 Å². The molecule has 136 valence electrons. The molecule has 3 N–H and O–H groups in total. The predicted octanol–water partition coefficient (Wildman–Crippen LogP) is 1.85. The van der Waals surface area contributed by atoms with Gasteiger partial charge in [0, 0.05) is 31.4 Å². The molecular weight excluding hydrogens is 316 g/mol. The number of rotatable bonds is 3. The summed E-state index contributed by atoms with van der Waals surface area (Å²) in [5.74, 6) is 0.205. The first-order valence-electron chi connectivity index (χ1n) is 9.06. The highest BCUT2D eigenvalue weighted by Gasteiger charge is 2.38. The number of likely N-dealkylation sites (tertiary alicyclic amines) is 1. The largest absolute Gasteiger partial charge is 0.352 e.